The summed E-state index contributed by atoms with van der Waals surface area (Å²) < 4.78 is 0. The number of hydrogen-bond acceptors (Lipinski definition) is 3. The van der Waals surface area contributed by atoms with Gasteiger partial charge < -0.3 is 11.1 Å². The third-order valence-corrected chi connectivity index (χ3v) is 5.57. The molecule has 2 atom stereocenters. The maximum Gasteiger partial charge on any atom is 0.325 e. The quantitative estimate of drug-likeness (QED) is 0.831. The van der Waals surface area contributed by atoms with Crippen LogP contribution in [0.3, 0.4) is 0 Å². The van der Waals surface area contributed by atoms with Crippen LogP contribution in [0.1, 0.15) is 49.0 Å². The normalized spacial score (nSPS) is 29.8. The molecular formula is C18H23N3O3. The predicted molar refractivity (Wildman–Crippen MR) is 89.0 cm³/mol. The van der Waals surface area contributed by atoms with Crippen molar-refractivity contribution >= 4 is 17.8 Å². The summed E-state index contributed by atoms with van der Waals surface area (Å²) in [5.74, 6) is -0.383. The van der Waals surface area contributed by atoms with Gasteiger partial charge in [0, 0.05) is 5.56 Å². The molecule has 1 saturated carbocycles. The van der Waals surface area contributed by atoms with Gasteiger partial charge in [0.05, 0.1) is 6.54 Å². The van der Waals surface area contributed by atoms with Crippen LogP contribution in [0.15, 0.2) is 24.3 Å². The number of imide groups is 1. The summed E-state index contributed by atoms with van der Waals surface area (Å²) in [6.45, 7) is 4.28. The molecule has 2 unspecified atom stereocenters. The summed E-state index contributed by atoms with van der Waals surface area (Å²) in [5, 5.41) is 2.98. The van der Waals surface area contributed by atoms with Gasteiger partial charge in [-0.3, -0.25) is 14.5 Å². The van der Waals surface area contributed by atoms with Crippen molar-refractivity contribution in [2.24, 2.45) is 17.6 Å². The van der Waals surface area contributed by atoms with Crippen molar-refractivity contribution in [1.29, 1.82) is 0 Å². The van der Waals surface area contributed by atoms with E-state index >= 15 is 0 Å². The Hall–Kier alpha value is -2.37. The van der Waals surface area contributed by atoms with E-state index in [0.29, 0.717) is 5.56 Å². The van der Waals surface area contributed by atoms with Gasteiger partial charge in [0.25, 0.3) is 5.91 Å². The standard InChI is InChI=1S/C18H23N3O3/c1-11-4-3-5-12(2)18(11)16(23)21(17(24)20-18)10-13-6-8-14(9-7-13)15(19)22/h6-9,11-12H,3-5,10H2,1-2H3,(H2,19,22)(H,20,24). The minimum absolute atomic E-state index is 0.125. The fourth-order valence-electron chi connectivity index (χ4n) is 4.05. The second-order valence-electron chi connectivity index (χ2n) is 6.98. The summed E-state index contributed by atoms with van der Waals surface area (Å²) in [5.41, 5.74) is 5.65. The van der Waals surface area contributed by atoms with E-state index in [1.807, 2.05) is 13.8 Å². The fraction of sp³-hybridized carbons (Fsp3) is 0.500. The third kappa shape index (κ3) is 2.46. The van der Waals surface area contributed by atoms with Gasteiger partial charge in [-0.05, 0) is 42.4 Å². The lowest BCUT2D eigenvalue weighted by molar-refractivity contribution is -0.136. The van der Waals surface area contributed by atoms with Crippen molar-refractivity contribution in [1.82, 2.24) is 10.2 Å². The number of hydrogen-bond donors (Lipinski definition) is 2. The molecule has 1 heterocycles. The molecule has 6 nitrogen and oxygen atoms in total. The molecule has 1 aliphatic heterocycles. The van der Waals surface area contributed by atoms with Crippen LogP contribution < -0.4 is 11.1 Å². The van der Waals surface area contributed by atoms with Crippen molar-refractivity contribution in [3.05, 3.63) is 35.4 Å². The maximum atomic E-state index is 13.1. The molecule has 2 fully saturated rings. The second-order valence-corrected chi connectivity index (χ2v) is 6.98. The number of nitrogens with one attached hydrogen (secondary N) is 1. The highest BCUT2D eigenvalue weighted by molar-refractivity contribution is 6.07. The number of urea groups is 1. The SMILES string of the molecule is CC1CCCC(C)C12NC(=O)N(Cc1ccc(C(N)=O)cc1)C2=O. The molecule has 0 bridgehead atoms. The Balaban J connectivity index is 1.83. The summed E-state index contributed by atoms with van der Waals surface area (Å²) in [6, 6.07) is 6.33. The highest BCUT2D eigenvalue weighted by atomic mass is 16.2. The molecule has 6 heteroatoms. The number of nitrogens with two attached hydrogens (primary N) is 1. The van der Waals surface area contributed by atoms with E-state index in [0.717, 1.165) is 24.8 Å². The summed E-state index contributed by atoms with van der Waals surface area (Å²) >= 11 is 0. The molecular weight excluding hydrogens is 306 g/mol. The lowest BCUT2D eigenvalue weighted by Crippen LogP contribution is -2.58. The van der Waals surface area contributed by atoms with Gasteiger partial charge in [0.1, 0.15) is 5.54 Å². The Morgan fingerprint density at radius 2 is 1.79 bits per heavy atom. The van der Waals surface area contributed by atoms with Gasteiger partial charge in [-0.25, -0.2) is 4.79 Å². The van der Waals surface area contributed by atoms with Crippen molar-refractivity contribution in [3.8, 4) is 0 Å². The van der Waals surface area contributed by atoms with Crippen LogP contribution in [-0.4, -0.2) is 28.3 Å². The first kappa shape index (κ1) is 16.5. The molecule has 3 N–H and O–H groups in total. The topological polar surface area (TPSA) is 92.5 Å². The highest BCUT2D eigenvalue weighted by Gasteiger charge is 2.58. The number of carbonyl (C=O) groups excluding carboxylic acids is 3. The van der Waals surface area contributed by atoms with E-state index in [1.54, 1.807) is 24.3 Å². The van der Waals surface area contributed by atoms with Crippen molar-refractivity contribution in [2.75, 3.05) is 0 Å². The Morgan fingerprint density at radius 1 is 1.21 bits per heavy atom. The molecule has 1 saturated heterocycles. The van der Waals surface area contributed by atoms with Crippen LogP contribution in [0, 0.1) is 11.8 Å². The summed E-state index contributed by atoms with van der Waals surface area (Å²) in [6.07, 6.45) is 2.97. The van der Waals surface area contributed by atoms with Gasteiger partial charge in [-0.2, -0.15) is 0 Å². The minimum Gasteiger partial charge on any atom is -0.366 e. The lowest BCUT2D eigenvalue weighted by atomic mass is 9.67. The zero-order chi connectivity index (χ0) is 17.5. The van der Waals surface area contributed by atoms with E-state index in [4.69, 9.17) is 5.73 Å². The van der Waals surface area contributed by atoms with E-state index < -0.39 is 11.4 Å². The Morgan fingerprint density at radius 3 is 2.33 bits per heavy atom. The molecule has 0 aromatic heterocycles. The largest absolute Gasteiger partial charge is 0.366 e. The third-order valence-electron chi connectivity index (χ3n) is 5.57. The molecule has 2 aliphatic rings. The first-order valence-corrected chi connectivity index (χ1v) is 8.39. The molecule has 1 aromatic carbocycles. The number of amides is 4. The van der Waals surface area contributed by atoms with Crippen LogP contribution in [0.5, 0.6) is 0 Å². The maximum absolute atomic E-state index is 13.1. The molecule has 1 aliphatic carbocycles. The number of carbonyl (C=O) groups is 3. The highest BCUT2D eigenvalue weighted by Crippen LogP contribution is 2.42. The van der Waals surface area contributed by atoms with Gasteiger partial charge in [-0.15, -0.1) is 0 Å². The first-order chi connectivity index (χ1) is 11.4. The monoisotopic (exact) mass is 329 g/mol. The van der Waals surface area contributed by atoms with Crippen molar-refractivity contribution in [2.45, 2.75) is 45.2 Å². The van der Waals surface area contributed by atoms with Crippen LogP contribution in [-0.2, 0) is 11.3 Å². The molecule has 1 spiro atoms. The molecule has 1 aromatic rings. The van der Waals surface area contributed by atoms with Crippen molar-refractivity contribution in [3.63, 3.8) is 0 Å². The molecule has 4 amide bonds. The smallest absolute Gasteiger partial charge is 0.325 e. The lowest BCUT2D eigenvalue weighted by Gasteiger charge is -2.42. The number of rotatable bonds is 3. The van der Waals surface area contributed by atoms with Crippen LogP contribution in [0.4, 0.5) is 4.79 Å². The average Bonchev–Trinajstić information content (AvgIpc) is 2.79. The molecule has 128 valence electrons. The van der Waals surface area contributed by atoms with Gasteiger partial charge in [-0.1, -0.05) is 32.4 Å². The van der Waals surface area contributed by atoms with Gasteiger partial charge >= 0.3 is 6.03 Å². The number of nitrogens with zero attached hydrogens (tertiary/aromatic N) is 1. The summed E-state index contributed by atoms with van der Waals surface area (Å²) in [7, 11) is 0. The first-order valence-electron chi connectivity index (χ1n) is 8.39. The Bertz CT molecular complexity index is 673. The van der Waals surface area contributed by atoms with Gasteiger partial charge in [0.15, 0.2) is 0 Å². The Labute approximate surface area is 141 Å². The van der Waals surface area contributed by atoms with E-state index in [-0.39, 0.29) is 30.3 Å². The Kier molecular flexibility index (Phi) is 4.07. The van der Waals surface area contributed by atoms with E-state index in [1.165, 1.54) is 4.90 Å². The van der Waals surface area contributed by atoms with Crippen LogP contribution >= 0.6 is 0 Å². The second kappa shape index (κ2) is 5.92. The van der Waals surface area contributed by atoms with Gasteiger partial charge in [0.2, 0.25) is 5.91 Å². The molecule has 3 rings (SSSR count). The predicted octanol–water partition coefficient (Wildman–Crippen LogP) is 2.03. The van der Waals surface area contributed by atoms with Crippen LogP contribution in [0.2, 0.25) is 0 Å². The van der Waals surface area contributed by atoms with Crippen LogP contribution in [0.25, 0.3) is 0 Å². The fourth-order valence-corrected chi connectivity index (χ4v) is 4.05. The van der Waals surface area contributed by atoms with E-state index in [2.05, 4.69) is 5.32 Å². The average molecular weight is 329 g/mol. The van der Waals surface area contributed by atoms with E-state index in [9.17, 15) is 14.4 Å². The zero-order valence-corrected chi connectivity index (χ0v) is 14.0. The van der Waals surface area contributed by atoms with Crippen molar-refractivity contribution < 1.29 is 14.4 Å². The zero-order valence-electron chi connectivity index (χ0n) is 14.0. The molecule has 24 heavy (non-hydrogen) atoms. The number of primary amides is 1. The summed E-state index contributed by atoms with van der Waals surface area (Å²) in [4.78, 5) is 37.9. The minimum atomic E-state index is -0.775. The number of benzene rings is 1. The molecule has 0 radical (unpaired) electrons.